The fraction of sp³-hybridized carbons (Fsp3) is 0.417. The maximum Gasteiger partial charge on any atom is 0.0680 e. The third-order valence-electron chi connectivity index (χ3n) is 5.24. The Morgan fingerprint density at radius 1 is 1.04 bits per heavy atom. The van der Waals surface area contributed by atoms with Gasteiger partial charge in [0.15, 0.2) is 0 Å². The zero-order valence-corrected chi connectivity index (χ0v) is 17.3. The van der Waals surface area contributed by atoms with Gasteiger partial charge in [0.25, 0.3) is 0 Å². The van der Waals surface area contributed by atoms with Crippen molar-refractivity contribution in [1.29, 1.82) is 0 Å². The molecule has 1 aliphatic heterocycles. The lowest BCUT2D eigenvalue weighted by Gasteiger charge is -2.19. The van der Waals surface area contributed by atoms with Gasteiger partial charge in [-0.2, -0.15) is 0 Å². The number of aromatic amines is 1. The Hall–Kier alpha value is -2.14. The first-order chi connectivity index (χ1) is 13.3. The van der Waals surface area contributed by atoms with Crippen molar-refractivity contribution in [1.82, 2.24) is 10.3 Å². The third-order valence-corrected chi connectivity index (χ3v) is 5.24. The normalized spacial score (nSPS) is 19.5. The van der Waals surface area contributed by atoms with Gasteiger partial charge in [0.1, 0.15) is 0 Å². The predicted octanol–water partition coefficient (Wildman–Crippen LogP) is 4.14. The molecular formula is C24H32N2O2. The third kappa shape index (κ3) is 5.02. The molecule has 4 heteroatoms. The summed E-state index contributed by atoms with van der Waals surface area (Å²) in [6.07, 6.45) is 0.448. The summed E-state index contributed by atoms with van der Waals surface area (Å²) in [6.45, 7) is 9.63. The molecule has 150 valence electrons. The number of aliphatic hydroxyl groups is 2. The lowest BCUT2D eigenvalue weighted by Crippen LogP contribution is -2.24. The number of fused-ring (bicyclic) bond motifs is 1. The van der Waals surface area contributed by atoms with E-state index in [9.17, 15) is 0 Å². The molecule has 0 saturated carbocycles. The molecular weight excluding hydrogens is 348 g/mol. The van der Waals surface area contributed by atoms with E-state index in [1.54, 1.807) is 0 Å². The number of aromatic nitrogens is 1. The average Bonchev–Trinajstić information content (AvgIpc) is 3.25. The second-order valence-corrected chi connectivity index (χ2v) is 8.76. The van der Waals surface area contributed by atoms with Gasteiger partial charge in [0.05, 0.1) is 12.7 Å². The summed E-state index contributed by atoms with van der Waals surface area (Å²) >= 11 is 0. The summed E-state index contributed by atoms with van der Waals surface area (Å²) in [7, 11) is 0. The topological polar surface area (TPSA) is 68.3 Å². The van der Waals surface area contributed by atoms with Gasteiger partial charge in [0.2, 0.25) is 0 Å². The number of β-amino-alcohol motifs (C(OH)–C–C–N with tert-alkyl or cyclic N) is 1. The van der Waals surface area contributed by atoms with Gasteiger partial charge in [0, 0.05) is 29.2 Å². The highest BCUT2D eigenvalue weighted by Crippen LogP contribution is 2.29. The van der Waals surface area contributed by atoms with Crippen molar-refractivity contribution in [3.05, 3.63) is 59.8 Å². The number of hydrogen-bond acceptors (Lipinski definition) is 3. The highest BCUT2D eigenvalue weighted by Gasteiger charge is 2.20. The second-order valence-electron chi connectivity index (χ2n) is 8.76. The molecule has 4 nitrogen and oxygen atoms in total. The van der Waals surface area contributed by atoms with Gasteiger partial charge in [-0.25, -0.2) is 0 Å². The lowest BCUT2D eigenvalue weighted by atomic mass is 9.85. The minimum absolute atomic E-state index is 0.130. The molecule has 0 spiro atoms. The van der Waals surface area contributed by atoms with E-state index in [1.807, 2.05) is 0 Å². The van der Waals surface area contributed by atoms with E-state index >= 15 is 0 Å². The largest absolute Gasteiger partial charge is 0.395 e. The molecule has 2 atom stereocenters. The van der Waals surface area contributed by atoms with Gasteiger partial charge >= 0.3 is 0 Å². The first kappa shape index (κ1) is 20.6. The van der Waals surface area contributed by atoms with Gasteiger partial charge in [-0.05, 0) is 53.6 Å². The number of rotatable bonds is 2. The van der Waals surface area contributed by atoms with Gasteiger partial charge in [-0.15, -0.1) is 0 Å². The first-order valence-corrected chi connectivity index (χ1v) is 9.99. The van der Waals surface area contributed by atoms with Crippen LogP contribution in [0.25, 0.3) is 22.0 Å². The molecule has 0 bridgehead atoms. The number of aliphatic hydroxyl groups excluding tert-OH is 2. The highest BCUT2D eigenvalue weighted by molar-refractivity contribution is 5.85. The standard InChI is InChI=1S/C19H21N.C5H11NO2/c1-13-10-16-11-15(8-9-18(16)20-13)14-6-5-7-17(12-14)19(2,3)4;7-3-4-1-5(8)2-6-4/h5-12,20H,1-4H3;4-8H,1-3H2/t;4?,5-/m.1/s1. The maximum absolute atomic E-state index is 8.86. The van der Waals surface area contributed by atoms with E-state index < -0.39 is 0 Å². The molecule has 0 aliphatic carbocycles. The zero-order valence-electron chi connectivity index (χ0n) is 17.3. The van der Waals surface area contributed by atoms with Crippen LogP contribution < -0.4 is 5.32 Å². The SMILES string of the molecule is Cc1cc2cc(-c3cccc(C(C)(C)C)c3)ccc2[nH]1.OCC1C[C@@H](O)CN1. The van der Waals surface area contributed by atoms with E-state index in [-0.39, 0.29) is 24.2 Å². The van der Waals surface area contributed by atoms with Crippen LogP contribution in [0.3, 0.4) is 0 Å². The first-order valence-electron chi connectivity index (χ1n) is 9.99. The van der Waals surface area contributed by atoms with Crippen LogP contribution in [0.2, 0.25) is 0 Å². The van der Waals surface area contributed by atoms with Crippen LogP contribution in [0, 0.1) is 6.92 Å². The van der Waals surface area contributed by atoms with E-state index in [1.165, 1.54) is 33.3 Å². The molecule has 28 heavy (non-hydrogen) atoms. The summed E-state index contributed by atoms with van der Waals surface area (Å²) in [4.78, 5) is 3.37. The average molecular weight is 381 g/mol. The fourth-order valence-electron chi connectivity index (χ4n) is 3.56. The van der Waals surface area contributed by atoms with Crippen LogP contribution in [-0.2, 0) is 5.41 Å². The summed E-state index contributed by atoms with van der Waals surface area (Å²) < 4.78 is 0. The molecule has 2 heterocycles. The van der Waals surface area contributed by atoms with Crippen molar-refractivity contribution in [3.63, 3.8) is 0 Å². The van der Waals surface area contributed by atoms with Gasteiger partial charge in [-0.1, -0.05) is 51.1 Å². The zero-order chi connectivity index (χ0) is 20.3. The monoisotopic (exact) mass is 380 g/mol. The van der Waals surface area contributed by atoms with Crippen LogP contribution in [-0.4, -0.2) is 40.5 Å². The number of H-pyrrole nitrogens is 1. The van der Waals surface area contributed by atoms with Crippen molar-refractivity contribution in [2.75, 3.05) is 13.2 Å². The lowest BCUT2D eigenvalue weighted by molar-refractivity contribution is 0.184. The molecule has 1 unspecified atom stereocenters. The van der Waals surface area contributed by atoms with E-state index in [0.29, 0.717) is 13.0 Å². The van der Waals surface area contributed by atoms with Crippen molar-refractivity contribution < 1.29 is 10.2 Å². The van der Waals surface area contributed by atoms with Crippen LogP contribution in [0.15, 0.2) is 48.5 Å². The molecule has 0 radical (unpaired) electrons. The van der Waals surface area contributed by atoms with Crippen molar-refractivity contribution >= 4 is 10.9 Å². The Balaban J connectivity index is 0.000000236. The molecule has 4 rings (SSSR count). The molecule has 2 aromatic carbocycles. The number of hydrogen-bond donors (Lipinski definition) is 4. The van der Waals surface area contributed by atoms with E-state index in [0.717, 1.165) is 0 Å². The van der Waals surface area contributed by atoms with Crippen LogP contribution in [0.4, 0.5) is 0 Å². The number of benzene rings is 2. The summed E-state index contributed by atoms with van der Waals surface area (Å²) in [5, 5.41) is 21.6. The number of aryl methyl sites for hydroxylation is 1. The smallest absolute Gasteiger partial charge is 0.0680 e. The molecule has 1 aliphatic rings. The van der Waals surface area contributed by atoms with Crippen molar-refractivity contribution in [2.45, 2.75) is 51.7 Å². The Bertz CT molecular complexity index is 924. The van der Waals surface area contributed by atoms with Crippen LogP contribution >= 0.6 is 0 Å². The summed E-state index contributed by atoms with van der Waals surface area (Å²) in [6, 6.07) is 17.8. The Morgan fingerprint density at radius 3 is 2.39 bits per heavy atom. The summed E-state index contributed by atoms with van der Waals surface area (Å²) in [5.74, 6) is 0. The van der Waals surface area contributed by atoms with Crippen LogP contribution in [0.5, 0.6) is 0 Å². The minimum atomic E-state index is -0.243. The summed E-state index contributed by atoms with van der Waals surface area (Å²) in [5.41, 5.74) is 6.55. The van der Waals surface area contributed by atoms with Crippen molar-refractivity contribution in [3.8, 4) is 11.1 Å². The number of nitrogens with one attached hydrogen (secondary N) is 2. The Morgan fingerprint density at radius 2 is 1.79 bits per heavy atom. The fourth-order valence-corrected chi connectivity index (χ4v) is 3.56. The van der Waals surface area contributed by atoms with Gasteiger partial charge < -0.3 is 20.5 Å². The minimum Gasteiger partial charge on any atom is -0.395 e. The molecule has 3 aromatic rings. The molecule has 4 N–H and O–H groups in total. The van der Waals surface area contributed by atoms with Crippen LogP contribution in [0.1, 0.15) is 38.4 Å². The molecule has 1 aromatic heterocycles. The predicted molar refractivity (Wildman–Crippen MR) is 117 cm³/mol. The highest BCUT2D eigenvalue weighted by atomic mass is 16.3. The second kappa shape index (κ2) is 8.48. The molecule has 1 saturated heterocycles. The Labute approximate surface area is 167 Å². The Kier molecular flexibility index (Phi) is 6.23. The van der Waals surface area contributed by atoms with E-state index in [4.69, 9.17) is 10.2 Å². The van der Waals surface area contributed by atoms with Crippen molar-refractivity contribution in [2.24, 2.45) is 0 Å². The quantitative estimate of drug-likeness (QED) is 0.540. The maximum atomic E-state index is 8.86. The van der Waals surface area contributed by atoms with Gasteiger partial charge in [-0.3, -0.25) is 0 Å². The molecule has 1 fully saturated rings. The van der Waals surface area contributed by atoms with E-state index in [2.05, 4.69) is 86.5 Å². The molecule has 0 amide bonds.